The Morgan fingerprint density at radius 1 is 0.710 bits per heavy atom. The van der Waals surface area contributed by atoms with Crippen molar-refractivity contribution < 1.29 is 23.8 Å². The number of imide groups is 1. The third-order valence-electron chi connectivity index (χ3n) is 5.22. The minimum absolute atomic E-state index is 0.267. The average molecular weight is 432 g/mol. The van der Waals surface area contributed by atoms with Crippen LogP contribution in [0.2, 0.25) is 0 Å². The van der Waals surface area contributed by atoms with E-state index in [1.165, 1.54) is 62.7 Å². The van der Waals surface area contributed by atoms with Crippen molar-refractivity contribution in [2.24, 2.45) is 0 Å². The highest BCUT2D eigenvalue weighted by atomic mass is 16.5. The number of ether oxygens (including phenoxy) is 3. The Bertz CT molecular complexity index is 653. The Morgan fingerprint density at radius 2 is 1.29 bits per heavy atom. The lowest BCUT2D eigenvalue weighted by molar-refractivity contribution is -0.137. The van der Waals surface area contributed by atoms with Gasteiger partial charge in [-0.15, -0.1) is 0 Å². The number of nitrogens with zero attached hydrogens (tertiary/aromatic N) is 1. The third-order valence-corrected chi connectivity index (χ3v) is 5.22. The van der Waals surface area contributed by atoms with E-state index in [-0.39, 0.29) is 18.4 Å². The number of amides is 2. The molecule has 0 unspecified atom stereocenters. The predicted octanol–water partition coefficient (Wildman–Crippen LogP) is 4.32. The van der Waals surface area contributed by atoms with Gasteiger partial charge in [0.25, 0.3) is 11.8 Å². The Hall–Kier alpha value is -2.18. The molecule has 1 aliphatic heterocycles. The second-order valence-corrected chi connectivity index (χ2v) is 7.75. The zero-order valence-electron chi connectivity index (χ0n) is 18.9. The van der Waals surface area contributed by atoms with Crippen LogP contribution in [0.15, 0.2) is 36.4 Å². The van der Waals surface area contributed by atoms with E-state index in [0.29, 0.717) is 33.0 Å². The molecular weight excluding hydrogens is 394 g/mol. The number of aryl methyl sites for hydroxylation is 1. The number of rotatable bonds is 18. The normalized spacial score (nSPS) is 13.4. The summed E-state index contributed by atoms with van der Waals surface area (Å²) in [6.07, 6.45) is 13.0. The summed E-state index contributed by atoms with van der Waals surface area (Å²) in [5.41, 5.74) is 1.36. The summed E-state index contributed by atoms with van der Waals surface area (Å²) in [6.45, 7) is 4.66. The standard InChI is InChI=1S/C25H37NO5/c1-2-3-4-5-6-7-8-9-22-10-12-23(13-11-22)31-21-20-30-19-18-29-17-16-26-24(27)14-15-25(26)28/h10-15H,2-9,16-21H2,1H3. The molecule has 0 saturated heterocycles. The summed E-state index contributed by atoms with van der Waals surface area (Å²) >= 11 is 0. The highest BCUT2D eigenvalue weighted by Gasteiger charge is 2.22. The van der Waals surface area contributed by atoms with E-state index in [2.05, 4.69) is 19.1 Å². The Balaban J connectivity index is 1.41. The molecule has 0 atom stereocenters. The Labute approximate surface area is 186 Å². The number of hydrogen-bond acceptors (Lipinski definition) is 5. The molecule has 2 rings (SSSR count). The van der Waals surface area contributed by atoms with E-state index in [9.17, 15) is 9.59 Å². The fourth-order valence-electron chi connectivity index (χ4n) is 3.39. The molecule has 1 heterocycles. The molecule has 1 aromatic carbocycles. The van der Waals surface area contributed by atoms with E-state index < -0.39 is 0 Å². The van der Waals surface area contributed by atoms with Crippen LogP contribution in [0.4, 0.5) is 0 Å². The van der Waals surface area contributed by atoms with Gasteiger partial charge in [0, 0.05) is 12.2 Å². The molecule has 1 aromatic rings. The van der Waals surface area contributed by atoms with Gasteiger partial charge in [0.2, 0.25) is 0 Å². The van der Waals surface area contributed by atoms with Gasteiger partial charge >= 0.3 is 0 Å². The third kappa shape index (κ3) is 10.6. The van der Waals surface area contributed by atoms with Crippen LogP contribution in [-0.4, -0.2) is 56.3 Å². The maximum absolute atomic E-state index is 11.4. The van der Waals surface area contributed by atoms with Gasteiger partial charge in [-0.2, -0.15) is 0 Å². The Kier molecular flexibility index (Phi) is 12.6. The number of hydrogen-bond donors (Lipinski definition) is 0. The van der Waals surface area contributed by atoms with Crippen LogP contribution >= 0.6 is 0 Å². The van der Waals surface area contributed by atoms with Crippen molar-refractivity contribution in [2.45, 2.75) is 58.3 Å². The molecule has 6 heteroatoms. The molecule has 0 aromatic heterocycles. The van der Waals surface area contributed by atoms with E-state index in [0.717, 1.165) is 17.1 Å². The smallest absolute Gasteiger partial charge is 0.253 e. The summed E-state index contributed by atoms with van der Waals surface area (Å²) in [7, 11) is 0. The second-order valence-electron chi connectivity index (χ2n) is 7.75. The van der Waals surface area contributed by atoms with Gasteiger partial charge in [-0.05, 0) is 30.5 Å². The zero-order valence-corrected chi connectivity index (χ0v) is 18.9. The van der Waals surface area contributed by atoms with Gasteiger partial charge < -0.3 is 14.2 Å². The molecular formula is C25H37NO5. The molecule has 1 aliphatic rings. The summed E-state index contributed by atoms with van der Waals surface area (Å²) in [5.74, 6) is 0.289. The van der Waals surface area contributed by atoms with Crippen molar-refractivity contribution in [3.8, 4) is 5.75 Å². The van der Waals surface area contributed by atoms with Gasteiger partial charge in [-0.1, -0.05) is 57.6 Å². The molecule has 0 saturated carbocycles. The van der Waals surface area contributed by atoms with Crippen molar-refractivity contribution in [3.63, 3.8) is 0 Å². The van der Waals surface area contributed by atoms with Crippen molar-refractivity contribution >= 4 is 11.8 Å². The minimum Gasteiger partial charge on any atom is -0.491 e. The first-order valence-corrected chi connectivity index (χ1v) is 11.6. The molecule has 6 nitrogen and oxygen atoms in total. The van der Waals surface area contributed by atoms with Crippen LogP contribution in [0.3, 0.4) is 0 Å². The molecule has 0 spiro atoms. The van der Waals surface area contributed by atoms with Gasteiger partial charge in [-0.3, -0.25) is 14.5 Å². The van der Waals surface area contributed by atoms with Gasteiger partial charge in [0.1, 0.15) is 12.4 Å². The lowest BCUT2D eigenvalue weighted by Crippen LogP contribution is -2.33. The first kappa shape index (κ1) is 25.1. The van der Waals surface area contributed by atoms with Crippen LogP contribution < -0.4 is 4.74 Å². The molecule has 172 valence electrons. The lowest BCUT2D eigenvalue weighted by atomic mass is 10.0. The number of carbonyl (C=O) groups excluding carboxylic acids is 2. The quantitative estimate of drug-likeness (QED) is 0.256. The van der Waals surface area contributed by atoms with Gasteiger partial charge in [-0.25, -0.2) is 0 Å². The van der Waals surface area contributed by atoms with Crippen LogP contribution in [0, 0.1) is 0 Å². The maximum Gasteiger partial charge on any atom is 0.253 e. The lowest BCUT2D eigenvalue weighted by Gasteiger charge is -2.13. The SMILES string of the molecule is CCCCCCCCCc1ccc(OCCOCCOCCN2C(=O)C=CC2=O)cc1. The van der Waals surface area contributed by atoms with E-state index in [1.807, 2.05) is 12.1 Å². The maximum atomic E-state index is 11.4. The molecule has 31 heavy (non-hydrogen) atoms. The van der Waals surface area contributed by atoms with Crippen molar-refractivity contribution in [1.82, 2.24) is 4.90 Å². The van der Waals surface area contributed by atoms with E-state index in [4.69, 9.17) is 14.2 Å². The number of carbonyl (C=O) groups is 2. The highest BCUT2D eigenvalue weighted by molar-refractivity contribution is 6.12. The predicted molar refractivity (Wildman–Crippen MR) is 121 cm³/mol. The first-order chi connectivity index (χ1) is 15.2. The Morgan fingerprint density at radius 3 is 1.97 bits per heavy atom. The topological polar surface area (TPSA) is 65.1 Å². The summed E-state index contributed by atoms with van der Waals surface area (Å²) < 4.78 is 16.6. The summed E-state index contributed by atoms with van der Waals surface area (Å²) in [6, 6.07) is 8.34. The van der Waals surface area contributed by atoms with Crippen LogP contribution in [0.5, 0.6) is 5.75 Å². The van der Waals surface area contributed by atoms with Crippen molar-refractivity contribution in [3.05, 3.63) is 42.0 Å². The molecule has 0 bridgehead atoms. The minimum atomic E-state index is -0.284. The molecule has 0 fully saturated rings. The van der Waals surface area contributed by atoms with Crippen LogP contribution in [0.25, 0.3) is 0 Å². The summed E-state index contributed by atoms with van der Waals surface area (Å²) in [4.78, 5) is 23.9. The zero-order chi connectivity index (χ0) is 22.2. The molecule has 0 N–H and O–H groups in total. The van der Waals surface area contributed by atoms with Gasteiger partial charge in [0.15, 0.2) is 0 Å². The largest absolute Gasteiger partial charge is 0.491 e. The monoisotopic (exact) mass is 431 g/mol. The van der Waals surface area contributed by atoms with Crippen LogP contribution in [0.1, 0.15) is 57.4 Å². The van der Waals surface area contributed by atoms with Crippen molar-refractivity contribution in [2.75, 3.05) is 39.6 Å². The molecule has 2 amide bonds. The fraction of sp³-hybridized carbons (Fsp3) is 0.600. The van der Waals surface area contributed by atoms with E-state index >= 15 is 0 Å². The van der Waals surface area contributed by atoms with Crippen molar-refractivity contribution in [1.29, 1.82) is 0 Å². The summed E-state index contributed by atoms with van der Waals surface area (Å²) in [5, 5.41) is 0. The molecule has 0 aliphatic carbocycles. The molecule has 0 radical (unpaired) electrons. The van der Waals surface area contributed by atoms with Gasteiger partial charge in [0.05, 0.1) is 33.0 Å². The first-order valence-electron chi connectivity index (χ1n) is 11.6. The number of unbranched alkanes of at least 4 members (excludes halogenated alkanes) is 6. The van der Waals surface area contributed by atoms with Crippen LogP contribution in [-0.2, 0) is 25.5 Å². The average Bonchev–Trinajstić information content (AvgIpc) is 3.10. The van der Waals surface area contributed by atoms with E-state index in [1.54, 1.807) is 0 Å². The fourth-order valence-corrected chi connectivity index (χ4v) is 3.39. The highest BCUT2D eigenvalue weighted by Crippen LogP contribution is 2.15. The second kappa shape index (κ2) is 15.6. The number of benzene rings is 1.